The molecule has 0 bridgehead atoms. The van der Waals surface area contributed by atoms with Gasteiger partial charge in [0.1, 0.15) is 0 Å². The summed E-state index contributed by atoms with van der Waals surface area (Å²) in [5, 5.41) is 3.52. The van der Waals surface area contributed by atoms with Crippen molar-refractivity contribution in [1.82, 2.24) is 5.32 Å². The zero-order valence-corrected chi connectivity index (χ0v) is 10.7. The first-order valence-corrected chi connectivity index (χ1v) is 7.18. The van der Waals surface area contributed by atoms with E-state index in [2.05, 4.69) is 38.0 Å². The largest absolute Gasteiger partial charge is 0.317 e. The predicted molar refractivity (Wildman–Crippen MR) is 67.0 cm³/mol. The molecular formula is C12H25NS. The van der Waals surface area contributed by atoms with Crippen LogP contribution in [0.5, 0.6) is 0 Å². The summed E-state index contributed by atoms with van der Waals surface area (Å²) in [5.41, 5.74) is 0. The Bertz CT molecular complexity index is 143. The standard InChI is InChI=1S/C12H25NS/c1-4-5-10(2)8-12(13-3)11-6-7-14-9-11/h10-13H,4-9H2,1-3H3. The van der Waals surface area contributed by atoms with Gasteiger partial charge in [0.15, 0.2) is 0 Å². The Hall–Kier alpha value is 0.310. The number of thioether (sulfide) groups is 1. The van der Waals surface area contributed by atoms with Crippen molar-refractivity contribution in [2.75, 3.05) is 18.6 Å². The fourth-order valence-corrected chi connectivity index (χ4v) is 3.80. The van der Waals surface area contributed by atoms with E-state index >= 15 is 0 Å². The van der Waals surface area contributed by atoms with Crippen molar-refractivity contribution < 1.29 is 0 Å². The van der Waals surface area contributed by atoms with Gasteiger partial charge >= 0.3 is 0 Å². The van der Waals surface area contributed by atoms with Crippen LogP contribution in [0.4, 0.5) is 0 Å². The van der Waals surface area contributed by atoms with Gasteiger partial charge < -0.3 is 5.32 Å². The van der Waals surface area contributed by atoms with Crippen LogP contribution in [0.2, 0.25) is 0 Å². The Morgan fingerprint density at radius 3 is 2.79 bits per heavy atom. The van der Waals surface area contributed by atoms with E-state index in [1.165, 1.54) is 37.2 Å². The van der Waals surface area contributed by atoms with Gasteiger partial charge in [0.05, 0.1) is 0 Å². The molecule has 1 N–H and O–H groups in total. The molecule has 0 aliphatic carbocycles. The highest BCUT2D eigenvalue weighted by Gasteiger charge is 2.25. The molecule has 3 atom stereocenters. The molecule has 0 saturated carbocycles. The van der Waals surface area contributed by atoms with Crippen molar-refractivity contribution in [3.63, 3.8) is 0 Å². The van der Waals surface area contributed by atoms with Crippen molar-refractivity contribution in [3.05, 3.63) is 0 Å². The number of hydrogen-bond donors (Lipinski definition) is 1. The maximum atomic E-state index is 3.52. The van der Waals surface area contributed by atoms with Crippen molar-refractivity contribution in [2.24, 2.45) is 11.8 Å². The molecule has 1 fully saturated rings. The van der Waals surface area contributed by atoms with Crippen LogP contribution in [0.3, 0.4) is 0 Å². The van der Waals surface area contributed by atoms with E-state index in [0.29, 0.717) is 0 Å². The van der Waals surface area contributed by atoms with E-state index in [0.717, 1.165) is 17.9 Å². The molecule has 0 amide bonds. The normalized spacial score (nSPS) is 26.4. The molecule has 2 heteroatoms. The lowest BCUT2D eigenvalue weighted by molar-refractivity contribution is 0.323. The van der Waals surface area contributed by atoms with E-state index in [4.69, 9.17) is 0 Å². The maximum absolute atomic E-state index is 3.52. The third kappa shape index (κ3) is 3.82. The van der Waals surface area contributed by atoms with E-state index in [1.807, 2.05) is 0 Å². The first kappa shape index (κ1) is 12.4. The van der Waals surface area contributed by atoms with Crippen LogP contribution in [0.15, 0.2) is 0 Å². The monoisotopic (exact) mass is 215 g/mol. The summed E-state index contributed by atoms with van der Waals surface area (Å²) in [6.45, 7) is 4.69. The van der Waals surface area contributed by atoms with Gasteiger partial charge in [0, 0.05) is 6.04 Å². The zero-order chi connectivity index (χ0) is 10.4. The fraction of sp³-hybridized carbons (Fsp3) is 1.00. The SMILES string of the molecule is CCCC(C)CC(NC)C1CCSC1. The van der Waals surface area contributed by atoms with Gasteiger partial charge in [-0.2, -0.15) is 11.8 Å². The van der Waals surface area contributed by atoms with Gasteiger partial charge in [0.2, 0.25) is 0 Å². The van der Waals surface area contributed by atoms with Crippen molar-refractivity contribution in [1.29, 1.82) is 0 Å². The first-order valence-electron chi connectivity index (χ1n) is 6.03. The molecule has 1 rings (SSSR count). The molecule has 0 aromatic carbocycles. The Labute approximate surface area is 93.4 Å². The molecule has 1 nitrogen and oxygen atoms in total. The minimum absolute atomic E-state index is 0.770. The highest BCUT2D eigenvalue weighted by atomic mass is 32.2. The summed E-state index contributed by atoms with van der Waals surface area (Å²) in [7, 11) is 2.13. The minimum Gasteiger partial charge on any atom is -0.317 e. The minimum atomic E-state index is 0.770. The van der Waals surface area contributed by atoms with Crippen LogP contribution in [0.25, 0.3) is 0 Å². The van der Waals surface area contributed by atoms with Crippen LogP contribution in [0.1, 0.15) is 39.5 Å². The summed E-state index contributed by atoms with van der Waals surface area (Å²) in [5.74, 6) is 4.59. The quantitative estimate of drug-likeness (QED) is 0.730. The first-order chi connectivity index (χ1) is 6.77. The summed E-state index contributed by atoms with van der Waals surface area (Å²) in [6.07, 6.45) is 5.51. The summed E-state index contributed by atoms with van der Waals surface area (Å²) in [6, 6.07) is 0.770. The van der Waals surface area contributed by atoms with Gasteiger partial charge in [0.25, 0.3) is 0 Å². The average molecular weight is 215 g/mol. The summed E-state index contributed by atoms with van der Waals surface area (Å²) < 4.78 is 0. The summed E-state index contributed by atoms with van der Waals surface area (Å²) in [4.78, 5) is 0. The predicted octanol–water partition coefficient (Wildman–Crippen LogP) is 3.15. The van der Waals surface area contributed by atoms with Gasteiger partial charge in [-0.15, -0.1) is 0 Å². The van der Waals surface area contributed by atoms with Gasteiger partial charge in [-0.1, -0.05) is 26.7 Å². The second-order valence-electron chi connectivity index (χ2n) is 4.65. The van der Waals surface area contributed by atoms with Crippen LogP contribution < -0.4 is 5.32 Å². The van der Waals surface area contributed by atoms with Crippen LogP contribution in [-0.4, -0.2) is 24.6 Å². The Morgan fingerprint density at radius 1 is 1.50 bits per heavy atom. The third-order valence-electron chi connectivity index (χ3n) is 3.34. The molecule has 1 heterocycles. The lowest BCUT2D eigenvalue weighted by Gasteiger charge is -2.25. The molecule has 0 aromatic rings. The molecule has 1 aliphatic heterocycles. The maximum Gasteiger partial charge on any atom is 0.0103 e. The molecule has 0 radical (unpaired) electrons. The number of nitrogens with one attached hydrogen (secondary N) is 1. The Balaban J connectivity index is 2.29. The van der Waals surface area contributed by atoms with E-state index in [-0.39, 0.29) is 0 Å². The summed E-state index contributed by atoms with van der Waals surface area (Å²) >= 11 is 2.13. The van der Waals surface area contributed by atoms with Crippen LogP contribution in [-0.2, 0) is 0 Å². The average Bonchev–Trinajstić information content (AvgIpc) is 2.67. The second-order valence-corrected chi connectivity index (χ2v) is 5.80. The lowest BCUT2D eigenvalue weighted by Crippen LogP contribution is -2.35. The zero-order valence-electron chi connectivity index (χ0n) is 9.88. The smallest absolute Gasteiger partial charge is 0.0103 e. The Morgan fingerprint density at radius 2 is 2.29 bits per heavy atom. The number of hydrogen-bond acceptors (Lipinski definition) is 2. The topological polar surface area (TPSA) is 12.0 Å². The highest BCUT2D eigenvalue weighted by Crippen LogP contribution is 2.29. The van der Waals surface area contributed by atoms with Crippen molar-refractivity contribution in [3.8, 4) is 0 Å². The van der Waals surface area contributed by atoms with Gasteiger partial charge in [-0.3, -0.25) is 0 Å². The molecular weight excluding hydrogens is 190 g/mol. The molecule has 0 spiro atoms. The molecule has 1 saturated heterocycles. The molecule has 0 aromatic heterocycles. The van der Waals surface area contributed by atoms with Crippen LogP contribution in [0, 0.1) is 11.8 Å². The third-order valence-corrected chi connectivity index (χ3v) is 4.53. The van der Waals surface area contributed by atoms with Crippen LogP contribution >= 0.6 is 11.8 Å². The van der Waals surface area contributed by atoms with E-state index in [9.17, 15) is 0 Å². The molecule has 1 aliphatic rings. The molecule has 14 heavy (non-hydrogen) atoms. The van der Waals surface area contributed by atoms with E-state index in [1.54, 1.807) is 0 Å². The highest BCUT2D eigenvalue weighted by molar-refractivity contribution is 7.99. The number of rotatable bonds is 6. The lowest BCUT2D eigenvalue weighted by atomic mass is 9.89. The van der Waals surface area contributed by atoms with Gasteiger partial charge in [-0.25, -0.2) is 0 Å². The van der Waals surface area contributed by atoms with Crippen molar-refractivity contribution >= 4 is 11.8 Å². The van der Waals surface area contributed by atoms with Gasteiger partial charge in [-0.05, 0) is 43.2 Å². The van der Waals surface area contributed by atoms with Crippen molar-refractivity contribution in [2.45, 2.75) is 45.6 Å². The second kappa shape index (κ2) is 6.73. The van der Waals surface area contributed by atoms with E-state index < -0.39 is 0 Å². The fourth-order valence-electron chi connectivity index (χ4n) is 2.46. The molecule has 3 unspecified atom stereocenters. The molecule has 84 valence electrons. The Kier molecular flexibility index (Phi) is 5.95.